The lowest BCUT2D eigenvalue weighted by Crippen LogP contribution is -2.00. The van der Waals surface area contributed by atoms with Crippen LogP contribution in [-0.4, -0.2) is 0 Å². The van der Waals surface area contributed by atoms with Gasteiger partial charge in [-0.05, 0) is 12.8 Å². The highest BCUT2D eigenvalue weighted by atomic mass is 16.6. The number of hydroxylamine groups is 1. The molecule has 0 saturated carbocycles. The van der Waals surface area contributed by atoms with Gasteiger partial charge in [-0.15, -0.1) is 0 Å². The quantitative estimate of drug-likeness (QED) is 0.487. The minimum absolute atomic E-state index is 1.00. The molecule has 2 heteroatoms. The zero-order valence-corrected chi connectivity index (χ0v) is 4.05. The van der Waals surface area contributed by atoms with Gasteiger partial charge in [0.2, 0.25) is 0 Å². The van der Waals surface area contributed by atoms with Crippen LogP contribution in [0.5, 0.6) is 0 Å². The van der Waals surface area contributed by atoms with E-state index in [1.165, 1.54) is 0 Å². The van der Waals surface area contributed by atoms with Crippen molar-refractivity contribution in [2.75, 3.05) is 0 Å². The Labute approximate surface area is 43.1 Å². The average molecular weight is 98.1 g/mol. The summed E-state index contributed by atoms with van der Waals surface area (Å²) in [6.45, 7) is 1.75. The number of hydrogen-bond donors (Lipinski definition) is 1. The zero-order valence-electron chi connectivity index (χ0n) is 4.05. The van der Waals surface area contributed by atoms with E-state index in [9.17, 15) is 0 Å². The third-order valence-corrected chi connectivity index (χ3v) is 0.788. The van der Waals surface area contributed by atoms with Crippen molar-refractivity contribution in [2.24, 2.45) is 0 Å². The number of nitrogens with one attached hydrogen (secondary N) is 1. The van der Waals surface area contributed by atoms with Gasteiger partial charge in [0, 0.05) is 6.20 Å². The highest BCUT2D eigenvalue weighted by Gasteiger charge is 1.87. The first-order valence-electron chi connectivity index (χ1n) is 2.38. The molecular formula is C5H8NO. The smallest absolute Gasteiger partial charge is 0.114 e. The molecule has 1 heterocycles. The van der Waals surface area contributed by atoms with Gasteiger partial charge in [-0.25, -0.2) is 0 Å². The topological polar surface area (TPSA) is 21.3 Å². The minimum Gasteiger partial charge on any atom is -0.274 e. The van der Waals surface area contributed by atoms with Crippen LogP contribution in [0.4, 0.5) is 0 Å². The van der Waals surface area contributed by atoms with Gasteiger partial charge in [0.25, 0.3) is 0 Å². The highest BCUT2D eigenvalue weighted by molar-refractivity contribution is 4.80. The molecule has 1 radical (unpaired) electrons. The number of hydrogen-bond acceptors (Lipinski definition) is 2. The lowest BCUT2D eigenvalue weighted by Gasteiger charge is -1.92. The van der Waals surface area contributed by atoms with Crippen molar-refractivity contribution in [3.05, 3.63) is 18.9 Å². The predicted octanol–water partition coefficient (Wildman–Crippen LogP) is 0.977. The van der Waals surface area contributed by atoms with Crippen LogP contribution < -0.4 is 5.48 Å². The van der Waals surface area contributed by atoms with Gasteiger partial charge in [0.15, 0.2) is 0 Å². The summed E-state index contributed by atoms with van der Waals surface area (Å²) in [5, 5.41) is 0. The molecule has 2 nitrogen and oxygen atoms in total. The van der Waals surface area contributed by atoms with E-state index in [2.05, 4.69) is 5.48 Å². The Morgan fingerprint density at radius 1 is 1.43 bits per heavy atom. The summed E-state index contributed by atoms with van der Waals surface area (Å²) >= 11 is 0. The molecule has 1 aliphatic heterocycles. The maximum absolute atomic E-state index is 4.73. The third kappa shape index (κ3) is 1.59. The summed E-state index contributed by atoms with van der Waals surface area (Å²) < 4.78 is 0. The second-order valence-electron chi connectivity index (χ2n) is 1.38. The van der Waals surface area contributed by atoms with Gasteiger partial charge >= 0.3 is 0 Å². The lowest BCUT2D eigenvalue weighted by atomic mass is 10.3. The SMILES string of the molecule is [CH]1CCC=CNO1. The summed E-state index contributed by atoms with van der Waals surface area (Å²) in [5.74, 6) is 0. The van der Waals surface area contributed by atoms with Gasteiger partial charge in [0.1, 0.15) is 6.61 Å². The molecular weight excluding hydrogens is 90.1 g/mol. The summed E-state index contributed by atoms with van der Waals surface area (Å²) in [4.78, 5) is 4.73. The molecule has 0 fully saturated rings. The third-order valence-electron chi connectivity index (χ3n) is 0.788. The monoisotopic (exact) mass is 98.1 g/mol. The van der Waals surface area contributed by atoms with Crippen LogP contribution >= 0.6 is 0 Å². The molecule has 0 aromatic rings. The van der Waals surface area contributed by atoms with Crippen LogP contribution in [0.25, 0.3) is 0 Å². The summed E-state index contributed by atoms with van der Waals surface area (Å²) in [7, 11) is 0. The fourth-order valence-corrected chi connectivity index (χ4v) is 0.442. The highest BCUT2D eigenvalue weighted by Crippen LogP contribution is 1.97. The van der Waals surface area contributed by atoms with Crippen LogP contribution in [0.1, 0.15) is 12.8 Å². The molecule has 39 valence electrons. The fraction of sp³-hybridized carbons (Fsp3) is 0.400. The molecule has 0 atom stereocenters. The van der Waals surface area contributed by atoms with Gasteiger partial charge in [0.05, 0.1) is 0 Å². The lowest BCUT2D eigenvalue weighted by molar-refractivity contribution is 0.129. The van der Waals surface area contributed by atoms with Crippen LogP contribution in [0.2, 0.25) is 0 Å². The first-order chi connectivity index (χ1) is 3.50. The molecule has 0 unspecified atom stereocenters. The molecule has 0 spiro atoms. The molecule has 0 amide bonds. The van der Waals surface area contributed by atoms with Gasteiger partial charge in [-0.3, -0.25) is 10.3 Å². The second kappa shape index (κ2) is 2.64. The molecule has 1 rings (SSSR count). The van der Waals surface area contributed by atoms with Crippen molar-refractivity contribution in [1.82, 2.24) is 5.48 Å². The molecule has 1 N–H and O–H groups in total. The first kappa shape index (κ1) is 4.65. The molecule has 0 bridgehead atoms. The summed E-state index contributed by atoms with van der Waals surface area (Å²) in [6.07, 6.45) is 5.91. The van der Waals surface area contributed by atoms with Crippen LogP contribution in [-0.2, 0) is 4.84 Å². The second-order valence-corrected chi connectivity index (χ2v) is 1.38. The Bertz CT molecular complexity index is 62.5. The summed E-state index contributed by atoms with van der Waals surface area (Å²) in [6, 6.07) is 0. The first-order valence-corrected chi connectivity index (χ1v) is 2.38. The number of rotatable bonds is 0. The van der Waals surface area contributed by atoms with Crippen molar-refractivity contribution in [3.63, 3.8) is 0 Å². The van der Waals surface area contributed by atoms with Gasteiger partial charge in [-0.2, -0.15) is 0 Å². The van der Waals surface area contributed by atoms with Crippen LogP contribution in [0.15, 0.2) is 12.3 Å². The Morgan fingerprint density at radius 2 is 2.43 bits per heavy atom. The van der Waals surface area contributed by atoms with Crippen molar-refractivity contribution in [3.8, 4) is 0 Å². The normalized spacial score (nSPS) is 20.6. The Hall–Kier alpha value is -0.500. The maximum Gasteiger partial charge on any atom is 0.114 e. The largest absolute Gasteiger partial charge is 0.274 e. The molecule has 1 aliphatic rings. The van der Waals surface area contributed by atoms with E-state index in [1.54, 1.807) is 12.8 Å². The van der Waals surface area contributed by atoms with E-state index in [4.69, 9.17) is 4.84 Å². The molecule has 0 aromatic heterocycles. The van der Waals surface area contributed by atoms with Crippen LogP contribution in [0.3, 0.4) is 0 Å². The van der Waals surface area contributed by atoms with Crippen LogP contribution in [0, 0.1) is 6.61 Å². The number of allylic oxidation sites excluding steroid dienone is 1. The van der Waals surface area contributed by atoms with Crippen molar-refractivity contribution in [1.29, 1.82) is 0 Å². The van der Waals surface area contributed by atoms with E-state index in [0.717, 1.165) is 12.8 Å². The van der Waals surface area contributed by atoms with Gasteiger partial charge in [-0.1, -0.05) is 6.08 Å². The van der Waals surface area contributed by atoms with Crippen molar-refractivity contribution in [2.45, 2.75) is 12.8 Å². The van der Waals surface area contributed by atoms with E-state index >= 15 is 0 Å². The maximum atomic E-state index is 4.73. The zero-order chi connectivity index (χ0) is 4.95. The fourth-order valence-electron chi connectivity index (χ4n) is 0.442. The van der Waals surface area contributed by atoms with E-state index < -0.39 is 0 Å². The van der Waals surface area contributed by atoms with Crippen molar-refractivity contribution >= 4 is 0 Å². The Balaban J connectivity index is 2.20. The minimum atomic E-state index is 1.00. The van der Waals surface area contributed by atoms with Crippen molar-refractivity contribution < 1.29 is 4.84 Å². The Morgan fingerprint density at radius 3 is 3.43 bits per heavy atom. The van der Waals surface area contributed by atoms with E-state index in [1.807, 2.05) is 6.08 Å². The molecule has 0 aromatic carbocycles. The molecule has 0 aliphatic carbocycles. The molecule has 7 heavy (non-hydrogen) atoms. The van der Waals surface area contributed by atoms with Gasteiger partial charge < -0.3 is 0 Å². The van der Waals surface area contributed by atoms with E-state index in [0.29, 0.717) is 0 Å². The Kier molecular flexibility index (Phi) is 1.75. The summed E-state index contributed by atoms with van der Waals surface area (Å²) in [5.41, 5.74) is 2.61. The average Bonchev–Trinajstić information content (AvgIpc) is 1.90. The van der Waals surface area contributed by atoms with E-state index in [-0.39, 0.29) is 0 Å². The standard InChI is InChI=1S/C5H8NO/c1-2-4-6-7-5-3-1/h2,4-6H,1,3H2. The molecule has 0 saturated heterocycles. The predicted molar refractivity (Wildman–Crippen MR) is 26.9 cm³/mol.